The standard InChI is InChI=1S/C18H24N4S/c1-14-5-7-16(8-6-14)22-10-9-15(13-22)21-18(19-2)20-12-17-4-3-11-23-17/h3-8,11,15H,9-10,12-13H2,1-2H3,(H2,19,20,21). The van der Waals surface area contributed by atoms with E-state index in [4.69, 9.17) is 0 Å². The van der Waals surface area contributed by atoms with Gasteiger partial charge in [-0.3, -0.25) is 4.99 Å². The Morgan fingerprint density at radius 3 is 2.83 bits per heavy atom. The van der Waals surface area contributed by atoms with Gasteiger partial charge in [-0.15, -0.1) is 11.3 Å². The molecule has 1 unspecified atom stereocenters. The molecule has 23 heavy (non-hydrogen) atoms. The maximum atomic E-state index is 4.34. The van der Waals surface area contributed by atoms with Crippen LogP contribution in [0.25, 0.3) is 0 Å². The molecule has 1 atom stereocenters. The number of hydrogen-bond donors (Lipinski definition) is 2. The van der Waals surface area contributed by atoms with Crippen molar-refractivity contribution in [2.45, 2.75) is 25.9 Å². The fourth-order valence-electron chi connectivity index (χ4n) is 2.84. The van der Waals surface area contributed by atoms with Crippen LogP contribution < -0.4 is 15.5 Å². The molecule has 3 rings (SSSR count). The molecule has 2 aromatic rings. The number of hydrogen-bond acceptors (Lipinski definition) is 3. The number of thiophene rings is 1. The Bertz CT molecular complexity index is 634. The first-order valence-corrected chi connectivity index (χ1v) is 8.94. The van der Waals surface area contributed by atoms with Crippen molar-refractivity contribution in [1.82, 2.24) is 10.6 Å². The van der Waals surface area contributed by atoms with Crippen molar-refractivity contribution in [1.29, 1.82) is 0 Å². The summed E-state index contributed by atoms with van der Waals surface area (Å²) in [6.45, 7) is 5.05. The summed E-state index contributed by atoms with van der Waals surface area (Å²) in [6.07, 6.45) is 1.13. The smallest absolute Gasteiger partial charge is 0.191 e. The zero-order valence-electron chi connectivity index (χ0n) is 13.7. The van der Waals surface area contributed by atoms with Crippen LogP contribution in [-0.4, -0.2) is 32.1 Å². The van der Waals surface area contributed by atoms with Gasteiger partial charge in [0.2, 0.25) is 0 Å². The molecule has 2 N–H and O–H groups in total. The molecule has 0 spiro atoms. The van der Waals surface area contributed by atoms with Crippen molar-refractivity contribution in [2.75, 3.05) is 25.0 Å². The monoisotopic (exact) mass is 328 g/mol. The third kappa shape index (κ3) is 4.26. The molecule has 1 saturated heterocycles. The third-order valence-electron chi connectivity index (χ3n) is 4.16. The highest BCUT2D eigenvalue weighted by molar-refractivity contribution is 7.09. The van der Waals surface area contributed by atoms with Gasteiger partial charge >= 0.3 is 0 Å². The highest BCUT2D eigenvalue weighted by Gasteiger charge is 2.23. The molecule has 122 valence electrons. The summed E-state index contributed by atoms with van der Waals surface area (Å²) in [7, 11) is 1.83. The quantitative estimate of drug-likeness (QED) is 0.669. The Balaban J connectivity index is 1.51. The summed E-state index contributed by atoms with van der Waals surface area (Å²) in [6, 6.07) is 13.4. The molecule has 1 aliphatic heterocycles. The molecule has 4 nitrogen and oxygen atoms in total. The Labute approximate surface area is 142 Å². The van der Waals surface area contributed by atoms with E-state index in [0.29, 0.717) is 6.04 Å². The van der Waals surface area contributed by atoms with E-state index in [1.165, 1.54) is 16.1 Å². The number of benzene rings is 1. The minimum Gasteiger partial charge on any atom is -0.369 e. The summed E-state index contributed by atoms with van der Waals surface area (Å²) in [5.41, 5.74) is 2.61. The van der Waals surface area contributed by atoms with Crippen LogP contribution in [0.4, 0.5) is 5.69 Å². The molecule has 0 aliphatic carbocycles. The minimum absolute atomic E-state index is 0.436. The molecule has 1 aromatic carbocycles. The molecule has 2 heterocycles. The van der Waals surface area contributed by atoms with Crippen LogP contribution >= 0.6 is 11.3 Å². The zero-order chi connectivity index (χ0) is 16.1. The number of anilines is 1. The molecule has 1 aromatic heterocycles. The minimum atomic E-state index is 0.436. The van der Waals surface area contributed by atoms with E-state index in [9.17, 15) is 0 Å². The highest BCUT2D eigenvalue weighted by Crippen LogP contribution is 2.20. The van der Waals surface area contributed by atoms with Crippen molar-refractivity contribution in [3.05, 3.63) is 52.2 Å². The van der Waals surface area contributed by atoms with Crippen LogP contribution in [0, 0.1) is 6.92 Å². The topological polar surface area (TPSA) is 39.7 Å². The largest absolute Gasteiger partial charge is 0.369 e. The van der Waals surface area contributed by atoms with E-state index in [0.717, 1.165) is 32.0 Å². The lowest BCUT2D eigenvalue weighted by molar-refractivity contribution is 0.649. The maximum absolute atomic E-state index is 4.34. The van der Waals surface area contributed by atoms with Gasteiger partial charge in [-0.1, -0.05) is 23.8 Å². The van der Waals surface area contributed by atoms with E-state index < -0.39 is 0 Å². The van der Waals surface area contributed by atoms with Crippen LogP contribution in [0.5, 0.6) is 0 Å². The van der Waals surface area contributed by atoms with E-state index in [-0.39, 0.29) is 0 Å². The zero-order valence-corrected chi connectivity index (χ0v) is 14.6. The number of nitrogens with one attached hydrogen (secondary N) is 2. The Kier molecular flexibility index (Phi) is 5.18. The number of aryl methyl sites for hydroxylation is 1. The van der Waals surface area contributed by atoms with Crippen LogP contribution in [-0.2, 0) is 6.54 Å². The van der Waals surface area contributed by atoms with Crippen molar-refractivity contribution in [3.8, 4) is 0 Å². The first kappa shape index (κ1) is 15.9. The van der Waals surface area contributed by atoms with Crippen molar-refractivity contribution >= 4 is 23.0 Å². The van der Waals surface area contributed by atoms with Crippen molar-refractivity contribution < 1.29 is 0 Å². The number of guanidine groups is 1. The van der Waals surface area contributed by atoms with E-state index in [1.807, 2.05) is 7.05 Å². The molecule has 0 radical (unpaired) electrons. The Hall–Kier alpha value is -2.01. The second-order valence-electron chi connectivity index (χ2n) is 5.92. The number of aliphatic imine (C=N–C) groups is 1. The van der Waals surface area contributed by atoms with Gasteiger partial charge in [-0.05, 0) is 36.9 Å². The molecular weight excluding hydrogens is 304 g/mol. The fraction of sp³-hybridized carbons (Fsp3) is 0.389. The first-order chi connectivity index (χ1) is 11.2. The van der Waals surface area contributed by atoms with Gasteiger partial charge in [0.15, 0.2) is 5.96 Å². The molecule has 1 aliphatic rings. The van der Waals surface area contributed by atoms with Gasteiger partial charge in [0.05, 0.1) is 6.54 Å². The van der Waals surface area contributed by atoms with Gasteiger partial charge in [-0.25, -0.2) is 0 Å². The van der Waals surface area contributed by atoms with Crippen LogP contribution in [0.15, 0.2) is 46.8 Å². The number of rotatable bonds is 4. The first-order valence-electron chi connectivity index (χ1n) is 8.06. The SMILES string of the molecule is CN=C(NCc1cccs1)NC1CCN(c2ccc(C)cc2)C1. The van der Waals surface area contributed by atoms with Crippen LogP contribution in [0.1, 0.15) is 16.9 Å². The molecule has 0 saturated carbocycles. The van der Waals surface area contributed by atoms with Gasteiger partial charge in [-0.2, -0.15) is 0 Å². The summed E-state index contributed by atoms with van der Waals surface area (Å²) in [5.74, 6) is 0.883. The van der Waals surface area contributed by atoms with Gasteiger partial charge in [0.1, 0.15) is 0 Å². The molecule has 5 heteroatoms. The van der Waals surface area contributed by atoms with E-state index in [2.05, 4.69) is 69.2 Å². The van der Waals surface area contributed by atoms with Crippen LogP contribution in [0.2, 0.25) is 0 Å². The normalized spacial score (nSPS) is 18.3. The average molecular weight is 328 g/mol. The predicted octanol–water partition coefficient (Wildman–Crippen LogP) is 3.00. The van der Waals surface area contributed by atoms with Crippen molar-refractivity contribution in [3.63, 3.8) is 0 Å². The summed E-state index contributed by atoms with van der Waals surface area (Å²) in [5, 5.41) is 9.03. The average Bonchev–Trinajstić information content (AvgIpc) is 3.24. The Morgan fingerprint density at radius 1 is 1.30 bits per heavy atom. The summed E-state index contributed by atoms with van der Waals surface area (Å²) in [4.78, 5) is 8.10. The van der Waals surface area contributed by atoms with Gasteiger partial charge < -0.3 is 15.5 Å². The lowest BCUT2D eigenvalue weighted by atomic mass is 10.2. The van der Waals surface area contributed by atoms with Crippen molar-refractivity contribution in [2.24, 2.45) is 4.99 Å². The fourth-order valence-corrected chi connectivity index (χ4v) is 3.48. The summed E-state index contributed by atoms with van der Waals surface area (Å²) >= 11 is 1.76. The van der Waals surface area contributed by atoms with Gasteiger partial charge in [0.25, 0.3) is 0 Å². The Morgan fingerprint density at radius 2 is 2.13 bits per heavy atom. The predicted molar refractivity (Wildman–Crippen MR) is 99.5 cm³/mol. The summed E-state index contributed by atoms with van der Waals surface area (Å²) < 4.78 is 0. The number of nitrogens with zero attached hydrogens (tertiary/aromatic N) is 2. The molecule has 0 amide bonds. The molecule has 0 bridgehead atoms. The van der Waals surface area contributed by atoms with E-state index in [1.54, 1.807) is 11.3 Å². The second kappa shape index (κ2) is 7.51. The van der Waals surface area contributed by atoms with E-state index >= 15 is 0 Å². The third-order valence-corrected chi connectivity index (χ3v) is 5.04. The van der Waals surface area contributed by atoms with Gasteiger partial charge in [0, 0.05) is 36.7 Å². The second-order valence-corrected chi connectivity index (χ2v) is 6.95. The lowest BCUT2D eigenvalue weighted by Gasteiger charge is -2.20. The molecular formula is C18H24N4S. The molecule has 1 fully saturated rings. The lowest BCUT2D eigenvalue weighted by Crippen LogP contribution is -2.44. The maximum Gasteiger partial charge on any atom is 0.191 e. The highest BCUT2D eigenvalue weighted by atomic mass is 32.1. The van der Waals surface area contributed by atoms with Crippen LogP contribution in [0.3, 0.4) is 0 Å².